The van der Waals surface area contributed by atoms with Crippen molar-refractivity contribution < 1.29 is 0 Å². The van der Waals surface area contributed by atoms with Crippen molar-refractivity contribution in [2.24, 2.45) is 0 Å². The van der Waals surface area contributed by atoms with Crippen molar-refractivity contribution >= 4 is 11.0 Å². The topological polar surface area (TPSA) is 37.8 Å². The standard InChI is InChI=1S/C15H17N3/c1-3-4-5-8-12(16-2)15-11-17-13-9-6-7-10-14(13)18-15/h1,6-7,9-12,16H,4-5,8H2,2H3. The van der Waals surface area contributed by atoms with Gasteiger partial charge in [0.15, 0.2) is 0 Å². The molecule has 0 aliphatic carbocycles. The fourth-order valence-electron chi connectivity index (χ4n) is 1.99. The number of nitrogens with zero attached hydrogens (tertiary/aromatic N) is 2. The lowest BCUT2D eigenvalue weighted by Crippen LogP contribution is -2.17. The molecule has 0 bridgehead atoms. The third kappa shape index (κ3) is 2.85. The van der Waals surface area contributed by atoms with Gasteiger partial charge in [-0.1, -0.05) is 12.1 Å². The number of hydrogen-bond donors (Lipinski definition) is 1. The first-order chi connectivity index (χ1) is 8.85. The van der Waals surface area contributed by atoms with Crippen molar-refractivity contribution in [2.45, 2.75) is 25.3 Å². The van der Waals surface area contributed by atoms with Gasteiger partial charge in [0, 0.05) is 6.42 Å². The number of nitrogens with one attached hydrogen (secondary N) is 1. The molecule has 0 saturated carbocycles. The molecule has 18 heavy (non-hydrogen) atoms. The van der Waals surface area contributed by atoms with Gasteiger partial charge in [-0.25, -0.2) is 4.98 Å². The predicted molar refractivity (Wildman–Crippen MR) is 74.0 cm³/mol. The van der Waals surface area contributed by atoms with Crippen molar-refractivity contribution in [3.8, 4) is 12.3 Å². The molecule has 1 N–H and O–H groups in total. The molecule has 2 rings (SSSR count). The van der Waals surface area contributed by atoms with Gasteiger partial charge in [0.2, 0.25) is 0 Å². The highest BCUT2D eigenvalue weighted by molar-refractivity contribution is 5.73. The van der Waals surface area contributed by atoms with Gasteiger partial charge in [-0.2, -0.15) is 0 Å². The fraction of sp³-hybridized carbons (Fsp3) is 0.333. The maximum absolute atomic E-state index is 5.27. The number of benzene rings is 1. The van der Waals surface area contributed by atoms with Crippen LogP contribution in [0.2, 0.25) is 0 Å². The van der Waals surface area contributed by atoms with E-state index in [1.54, 1.807) is 0 Å². The minimum absolute atomic E-state index is 0.218. The number of unbranched alkanes of at least 4 members (excludes halogenated alkanes) is 1. The van der Waals surface area contributed by atoms with Crippen LogP contribution in [0.5, 0.6) is 0 Å². The first-order valence-corrected chi connectivity index (χ1v) is 6.17. The van der Waals surface area contributed by atoms with E-state index in [-0.39, 0.29) is 6.04 Å². The summed E-state index contributed by atoms with van der Waals surface area (Å²) in [5, 5.41) is 3.27. The largest absolute Gasteiger partial charge is 0.312 e. The van der Waals surface area contributed by atoms with Crippen LogP contribution in [0.1, 0.15) is 31.0 Å². The maximum Gasteiger partial charge on any atom is 0.0890 e. The van der Waals surface area contributed by atoms with Crippen molar-refractivity contribution in [2.75, 3.05) is 7.05 Å². The van der Waals surface area contributed by atoms with Crippen LogP contribution < -0.4 is 5.32 Å². The van der Waals surface area contributed by atoms with Gasteiger partial charge in [0.25, 0.3) is 0 Å². The van der Waals surface area contributed by atoms with Gasteiger partial charge >= 0.3 is 0 Å². The van der Waals surface area contributed by atoms with E-state index in [0.717, 1.165) is 36.0 Å². The van der Waals surface area contributed by atoms with Gasteiger partial charge in [-0.3, -0.25) is 4.98 Å². The third-order valence-corrected chi connectivity index (χ3v) is 2.99. The highest BCUT2D eigenvalue weighted by Crippen LogP contribution is 2.18. The Labute approximate surface area is 108 Å². The van der Waals surface area contributed by atoms with E-state index in [0.29, 0.717) is 0 Å². The quantitative estimate of drug-likeness (QED) is 0.644. The number of rotatable bonds is 5. The molecule has 1 atom stereocenters. The maximum atomic E-state index is 5.27. The average molecular weight is 239 g/mol. The van der Waals surface area contributed by atoms with E-state index < -0.39 is 0 Å². The van der Waals surface area contributed by atoms with Gasteiger partial charge < -0.3 is 5.32 Å². The van der Waals surface area contributed by atoms with Gasteiger partial charge in [0.1, 0.15) is 0 Å². The molecule has 0 fully saturated rings. The first kappa shape index (κ1) is 12.5. The van der Waals surface area contributed by atoms with Gasteiger partial charge in [0.05, 0.1) is 29.0 Å². The molecule has 1 aromatic heterocycles. The van der Waals surface area contributed by atoms with Crippen molar-refractivity contribution in [1.82, 2.24) is 15.3 Å². The fourth-order valence-corrected chi connectivity index (χ4v) is 1.99. The monoisotopic (exact) mass is 239 g/mol. The van der Waals surface area contributed by atoms with E-state index in [2.05, 4.69) is 21.2 Å². The minimum Gasteiger partial charge on any atom is -0.312 e. The minimum atomic E-state index is 0.218. The highest BCUT2D eigenvalue weighted by atomic mass is 14.9. The summed E-state index contributed by atoms with van der Waals surface area (Å²) in [5.74, 6) is 2.66. The summed E-state index contributed by atoms with van der Waals surface area (Å²) in [6.07, 6.45) is 9.90. The van der Waals surface area contributed by atoms with Gasteiger partial charge in [-0.05, 0) is 32.0 Å². The zero-order valence-electron chi connectivity index (χ0n) is 10.6. The average Bonchev–Trinajstić information content (AvgIpc) is 2.43. The lowest BCUT2D eigenvalue weighted by Gasteiger charge is -2.15. The Morgan fingerprint density at radius 3 is 2.83 bits per heavy atom. The van der Waals surface area contributed by atoms with E-state index in [4.69, 9.17) is 6.42 Å². The van der Waals surface area contributed by atoms with Crippen LogP contribution in [-0.2, 0) is 0 Å². The SMILES string of the molecule is C#CCCCC(NC)c1cnc2ccccc2n1. The summed E-state index contributed by atoms with van der Waals surface area (Å²) in [7, 11) is 1.94. The number of terminal acetylenes is 1. The lowest BCUT2D eigenvalue weighted by molar-refractivity contribution is 0.520. The second-order valence-electron chi connectivity index (χ2n) is 4.22. The molecule has 1 aromatic carbocycles. The summed E-state index contributed by atoms with van der Waals surface area (Å²) in [6.45, 7) is 0. The van der Waals surface area contributed by atoms with E-state index in [9.17, 15) is 0 Å². The molecule has 2 aromatic rings. The summed E-state index contributed by atoms with van der Waals surface area (Å²) in [6, 6.07) is 8.13. The molecule has 3 heteroatoms. The predicted octanol–water partition coefficient (Wildman–Crippen LogP) is 2.69. The second kappa shape index (κ2) is 6.13. The molecule has 0 aliphatic heterocycles. The van der Waals surface area contributed by atoms with E-state index >= 15 is 0 Å². The van der Waals surface area contributed by atoms with Crippen LogP contribution in [-0.4, -0.2) is 17.0 Å². The Morgan fingerprint density at radius 1 is 1.33 bits per heavy atom. The highest BCUT2D eigenvalue weighted by Gasteiger charge is 2.11. The zero-order chi connectivity index (χ0) is 12.8. The number of hydrogen-bond acceptors (Lipinski definition) is 3. The van der Waals surface area contributed by atoms with Crippen molar-refractivity contribution in [3.05, 3.63) is 36.2 Å². The van der Waals surface area contributed by atoms with Crippen LogP contribution in [0.3, 0.4) is 0 Å². The molecule has 0 radical (unpaired) electrons. The Hall–Kier alpha value is -1.92. The summed E-state index contributed by atoms with van der Waals surface area (Å²) >= 11 is 0. The third-order valence-electron chi connectivity index (χ3n) is 2.99. The molecule has 0 saturated heterocycles. The van der Waals surface area contributed by atoms with Crippen molar-refractivity contribution in [1.29, 1.82) is 0 Å². The summed E-state index contributed by atoms with van der Waals surface area (Å²) in [4.78, 5) is 9.08. The Balaban J connectivity index is 2.20. The van der Waals surface area contributed by atoms with Crippen LogP contribution in [0, 0.1) is 12.3 Å². The molecule has 1 heterocycles. The van der Waals surface area contributed by atoms with Crippen molar-refractivity contribution in [3.63, 3.8) is 0 Å². The molecule has 0 aliphatic rings. The Morgan fingerprint density at radius 2 is 2.11 bits per heavy atom. The van der Waals surface area contributed by atoms with Crippen LogP contribution in [0.25, 0.3) is 11.0 Å². The summed E-state index contributed by atoms with van der Waals surface area (Å²) < 4.78 is 0. The Bertz CT molecular complexity index is 557. The molecule has 92 valence electrons. The summed E-state index contributed by atoms with van der Waals surface area (Å²) in [5.41, 5.74) is 2.85. The van der Waals surface area contributed by atoms with E-state index in [1.807, 2.05) is 37.5 Å². The molecular weight excluding hydrogens is 222 g/mol. The Kier molecular flexibility index (Phi) is 4.27. The molecule has 1 unspecified atom stereocenters. The number of para-hydroxylation sites is 2. The molecule has 3 nitrogen and oxygen atoms in total. The van der Waals surface area contributed by atoms with Crippen LogP contribution in [0.15, 0.2) is 30.5 Å². The molecular formula is C15H17N3. The van der Waals surface area contributed by atoms with Crippen LogP contribution in [0.4, 0.5) is 0 Å². The first-order valence-electron chi connectivity index (χ1n) is 6.17. The molecule has 0 spiro atoms. The zero-order valence-corrected chi connectivity index (χ0v) is 10.6. The number of aromatic nitrogens is 2. The smallest absolute Gasteiger partial charge is 0.0890 e. The number of fused-ring (bicyclic) bond motifs is 1. The normalized spacial score (nSPS) is 12.2. The van der Waals surface area contributed by atoms with Crippen LogP contribution >= 0.6 is 0 Å². The van der Waals surface area contributed by atoms with Gasteiger partial charge in [-0.15, -0.1) is 12.3 Å². The second-order valence-corrected chi connectivity index (χ2v) is 4.22. The van der Waals surface area contributed by atoms with E-state index in [1.165, 1.54) is 0 Å². The lowest BCUT2D eigenvalue weighted by atomic mass is 10.1. The molecule has 0 amide bonds.